The highest BCUT2D eigenvalue weighted by molar-refractivity contribution is 5.90. The van der Waals surface area contributed by atoms with Gasteiger partial charge in [0.1, 0.15) is 0 Å². The Hall–Kier alpha value is -2.08. The highest BCUT2D eigenvalue weighted by Crippen LogP contribution is 2.68. The number of rotatable bonds is 3. The number of hydrogen-bond acceptors (Lipinski definition) is 5. The van der Waals surface area contributed by atoms with Crippen LogP contribution in [0.3, 0.4) is 0 Å². The molecule has 2 N–H and O–H groups in total. The van der Waals surface area contributed by atoms with Gasteiger partial charge in [-0.3, -0.25) is 9.59 Å². The quantitative estimate of drug-likeness (QED) is 0.838. The maximum Gasteiger partial charge on any atom is 0.223 e. The van der Waals surface area contributed by atoms with Crippen LogP contribution in [0.5, 0.6) is 11.5 Å². The summed E-state index contributed by atoms with van der Waals surface area (Å²) >= 11 is 0. The summed E-state index contributed by atoms with van der Waals surface area (Å²) in [6.07, 6.45) is 3.26. The molecule has 1 aliphatic heterocycles. The Kier molecular flexibility index (Phi) is 2.86. The molecule has 1 spiro atoms. The molecule has 2 unspecified atom stereocenters. The van der Waals surface area contributed by atoms with E-state index in [0.29, 0.717) is 24.3 Å². The van der Waals surface area contributed by atoms with E-state index in [1.165, 1.54) is 0 Å². The Morgan fingerprint density at radius 3 is 2.93 bits per heavy atom. The van der Waals surface area contributed by atoms with Gasteiger partial charge in [0.05, 0.1) is 24.2 Å². The Bertz CT molecular complexity index is 893. The van der Waals surface area contributed by atoms with Gasteiger partial charge in [-0.1, -0.05) is 6.07 Å². The number of nitrogens with one attached hydrogen (secondary N) is 1. The van der Waals surface area contributed by atoms with E-state index in [2.05, 4.69) is 5.32 Å². The van der Waals surface area contributed by atoms with Crippen molar-refractivity contribution in [3.63, 3.8) is 0 Å². The molecule has 3 fully saturated rings. The number of ether oxygens (including phenoxy) is 2. The van der Waals surface area contributed by atoms with Crippen LogP contribution in [0.25, 0.3) is 0 Å². The predicted octanol–water partition coefficient (Wildman–Crippen LogP) is 1.26. The minimum Gasteiger partial charge on any atom is -0.493 e. The summed E-state index contributed by atoms with van der Waals surface area (Å²) in [5.41, 5.74) is 0.123. The molecule has 6 nitrogen and oxygen atoms in total. The topological polar surface area (TPSA) is 84.9 Å². The molecule has 0 aromatic heterocycles. The zero-order chi connectivity index (χ0) is 18.6. The molecule has 0 radical (unpaired) electrons. The van der Waals surface area contributed by atoms with Crippen LogP contribution in [0.15, 0.2) is 12.1 Å². The highest BCUT2D eigenvalue weighted by atomic mass is 16.5. The van der Waals surface area contributed by atoms with Crippen molar-refractivity contribution in [3.8, 4) is 11.5 Å². The highest BCUT2D eigenvalue weighted by Gasteiger charge is 2.76. The third kappa shape index (κ3) is 1.71. The number of Topliss-reactive ketones (excluding diaryl/α,β-unsaturated/α-hetero) is 1. The van der Waals surface area contributed by atoms with Crippen molar-refractivity contribution in [2.75, 3.05) is 7.11 Å². The normalized spacial score (nSPS) is 40.4. The van der Waals surface area contributed by atoms with E-state index in [0.717, 1.165) is 30.4 Å². The maximum atomic E-state index is 12.8. The Balaban J connectivity index is 1.55. The van der Waals surface area contributed by atoms with E-state index < -0.39 is 17.1 Å². The number of hydrogen-bond donors (Lipinski definition) is 2. The lowest BCUT2D eigenvalue weighted by Crippen LogP contribution is -2.66. The molecule has 142 valence electrons. The van der Waals surface area contributed by atoms with Gasteiger partial charge >= 0.3 is 0 Å². The number of fused-ring (bicyclic) bond motifs is 1. The number of benzene rings is 1. The standard InChI is InChI=1S/C21H23NO5/c1-26-14-5-4-11-8-12-9-20-15(11)16(14)27-18(20)13(23)6-7-21(20,25)17(12)22-19(24)10-2-3-10/h4-5,10,12,17-18,25H,2-3,6-9H2,1H3,(H,22,24)/t12?,17-,18+,20?,21-/m0/s1. The van der Waals surface area contributed by atoms with Crippen molar-refractivity contribution in [2.24, 2.45) is 11.8 Å². The SMILES string of the molecule is COc1ccc2c3c1O[C@@H]1C(=O)CC[C@]4(O)[C@@H](NC(=O)C5CC5)C(C2)CC314. The second kappa shape index (κ2) is 4.85. The zero-order valence-electron chi connectivity index (χ0n) is 15.3. The minimum atomic E-state index is -1.16. The molecule has 27 heavy (non-hydrogen) atoms. The molecule has 4 aliphatic carbocycles. The van der Waals surface area contributed by atoms with Crippen molar-refractivity contribution in [2.45, 2.75) is 61.7 Å². The summed E-state index contributed by atoms with van der Waals surface area (Å²) < 4.78 is 11.7. The van der Waals surface area contributed by atoms with Gasteiger partial charge in [0.25, 0.3) is 0 Å². The molecule has 2 bridgehead atoms. The minimum absolute atomic E-state index is 0.0405. The van der Waals surface area contributed by atoms with E-state index in [-0.39, 0.29) is 36.0 Å². The van der Waals surface area contributed by atoms with Crippen LogP contribution in [-0.2, 0) is 21.4 Å². The number of methoxy groups -OCH3 is 1. The van der Waals surface area contributed by atoms with Gasteiger partial charge in [-0.15, -0.1) is 0 Å². The second-order valence-electron chi connectivity index (χ2n) is 8.92. The van der Waals surface area contributed by atoms with Crippen LogP contribution >= 0.6 is 0 Å². The summed E-state index contributed by atoms with van der Waals surface area (Å²) in [4.78, 5) is 25.4. The van der Waals surface area contributed by atoms with Crippen molar-refractivity contribution in [1.82, 2.24) is 5.32 Å². The second-order valence-corrected chi connectivity index (χ2v) is 8.92. The van der Waals surface area contributed by atoms with Gasteiger partial charge in [0, 0.05) is 17.9 Å². The molecule has 6 rings (SSSR count). The van der Waals surface area contributed by atoms with Crippen LogP contribution in [0.1, 0.15) is 43.2 Å². The fraction of sp³-hybridized carbons (Fsp3) is 0.619. The molecule has 1 aromatic carbocycles. The lowest BCUT2D eigenvalue weighted by molar-refractivity contribution is -0.148. The van der Waals surface area contributed by atoms with Crippen LogP contribution in [0.4, 0.5) is 0 Å². The Morgan fingerprint density at radius 1 is 1.37 bits per heavy atom. The average Bonchev–Trinajstić information content (AvgIpc) is 3.42. The van der Waals surface area contributed by atoms with E-state index in [4.69, 9.17) is 9.47 Å². The monoisotopic (exact) mass is 369 g/mol. The van der Waals surface area contributed by atoms with Gasteiger partial charge in [-0.25, -0.2) is 0 Å². The largest absolute Gasteiger partial charge is 0.493 e. The average molecular weight is 369 g/mol. The van der Waals surface area contributed by atoms with Gasteiger partial charge in [0.15, 0.2) is 23.4 Å². The lowest BCUT2D eigenvalue weighted by Gasteiger charge is -2.48. The number of carbonyl (C=O) groups is 2. The van der Waals surface area contributed by atoms with Crippen LogP contribution < -0.4 is 14.8 Å². The summed E-state index contributed by atoms with van der Waals surface area (Å²) in [5.74, 6) is 1.51. The van der Waals surface area contributed by atoms with E-state index in [9.17, 15) is 14.7 Å². The van der Waals surface area contributed by atoms with E-state index >= 15 is 0 Å². The van der Waals surface area contributed by atoms with E-state index in [1.807, 2.05) is 12.1 Å². The van der Waals surface area contributed by atoms with Gasteiger partial charge in [-0.05, 0) is 49.7 Å². The lowest BCUT2D eigenvalue weighted by atomic mass is 9.58. The Labute approximate surface area is 157 Å². The first kappa shape index (κ1) is 15.9. The summed E-state index contributed by atoms with van der Waals surface area (Å²) in [6.45, 7) is 0. The smallest absolute Gasteiger partial charge is 0.223 e. The third-order valence-electron chi connectivity index (χ3n) is 7.67. The van der Waals surface area contributed by atoms with Crippen LogP contribution in [-0.4, -0.2) is 41.7 Å². The molecule has 1 heterocycles. The van der Waals surface area contributed by atoms with E-state index in [1.54, 1.807) is 7.11 Å². The molecule has 3 saturated carbocycles. The number of carbonyl (C=O) groups excluding carboxylic acids is 2. The molecule has 0 saturated heterocycles. The molecular weight excluding hydrogens is 346 g/mol. The van der Waals surface area contributed by atoms with Crippen LogP contribution in [0.2, 0.25) is 0 Å². The zero-order valence-corrected chi connectivity index (χ0v) is 15.3. The summed E-state index contributed by atoms with van der Waals surface area (Å²) in [7, 11) is 1.59. The van der Waals surface area contributed by atoms with Crippen LogP contribution in [0, 0.1) is 11.8 Å². The molecule has 1 amide bonds. The van der Waals surface area contributed by atoms with Gasteiger partial charge in [0.2, 0.25) is 5.91 Å². The first-order valence-corrected chi connectivity index (χ1v) is 9.92. The predicted molar refractivity (Wildman–Crippen MR) is 94.7 cm³/mol. The number of aliphatic hydroxyl groups is 1. The van der Waals surface area contributed by atoms with Crippen molar-refractivity contribution in [1.29, 1.82) is 0 Å². The molecule has 6 heteroatoms. The molecule has 1 aromatic rings. The van der Waals surface area contributed by atoms with Gasteiger partial charge in [-0.2, -0.15) is 0 Å². The third-order valence-corrected chi connectivity index (χ3v) is 7.67. The van der Waals surface area contributed by atoms with Crippen molar-refractivity contribution < 1.29 is 24.2 Å². The molecular formula is C21H23NO5. The number of ketones is 1. The fourth-order valence-corrected chi connectivity index (χ4v) is 6.41. The Morgan fingerprint density at radius 2 is 2.19 bits per heavy atom. The number of amides is 1. The summed E-state index contributed by atoms with van der Waals surface area (Å²) in [6, 6.07) is 3.57. The molecule has 5 aliphatic rings. The first-order valence-electron chi connectivity index (χ1n) is 9.92. The van der Waals surface area contributed by atoms with Crippen molar-refractivity contribution in [3.05, 3.63) is 23.3 Å². The summed E-state index contributed by atoms with van der Waals surface area (Å²) in [5, 5.41) is 15.2. The van der Waals surface area contributed by atoms with Crippen molar-refractivity contribution >= 4 is 11.7 Å². The maximum absolute atomic E-state index is 12.8. The first-order chi connectivity index (χ1) is 13.0. The van der Waals surface area contributed by atoms with Gasteiger partial charge < -0.3 is 19.9 Å². The molecule has 5 atom stereocenters. The fourth-order valence-electron chi connectivity index (χ4n) is 6.41.